The molecule has 3 aromatic rings. The van der Waals surface area contributed by atoms with Gasteiger partial charge in [-0.05, 0) is 31.7 Å². The van der Waals surface area contributed by atoms with E-state index < -0.39 is 0 Å². The third-order valence-corrected chi connectivity index (χ3v) is 3.97. The largest absolute Gasteiger partial charge is 0.351 e. The van der Waals surface area contributed by atoms with Gasteiger partial charge in [0.2, 0.25) is 0 Å². The molecule has 0 fully saturated rings. The number of allylic oxidation sites excluding steroid dienone is 2. The number of aromatic nitrogens is 2. The van der Waals surface area contributed by atoms with Crippen molar-refractivity contribution in [3.05, 3.63) is 96.6 Å². The minimum Gasteiger partial charge on any atom is -0.351 e. The van der Waals surface area contributed by atoms with Crippen molar-refractivity contribution in [3.63, 3.8) is 0 Å². The van der Waals surface area contributed by atoms with Crippen LogP contribution in [0.25, 0.3) is 0 Å². The van der Waals surface area contributed by atoms with Crippen LogP contribution in [0.5, 0.6) is 0 Å². The first-order chi connectivity index (χ1) is 12.3. The first-order valence-corrected chi connectivity index (χ1v) is 9.02. The van der Waals surface area contributed by atoms with Crippen molar-refractivity contribution in [1.29, 1.82) is 0 Å². The van der Waals surface area contributed by atoms with Gasteiger partial charge in [0.1, 0.15) is 0 Å². The Hall–Kier alpha value is -2.55. The molecule has 0 bridgehead atoms. The van der Waals surface area contributed by atoms with Gasteiger partial charge in [0.25, 0.3) is 0 Å². The standard InChI is InChI=1S/C19H23B.C3H4N2/c1-17-12-14-18(15-13-17)9-5-2-3-8-16-20-19-10-6-4-7-11-19;1-2-5-3-4-1/h2-4,6-7,10-15,20H,5,8-9,16H2,1H3;1-3H,(H,4,5). The summed E-state index contributed by atoms with van der Waals surface area (Å²) in [6.45, 7) is 2.14. The van der Waals surface area contributed by atoms with Gasteiger partial charge in [-0.15, -0.1) is 0 Å². The van der Waals surface area contributed by atoms with Crippen molar-refractivity contribution in [3.8, 4) is 0 Å². The van der Waals surface area contributed by atoms with Crippen LogP contribution >= 0.6 is 0 Å². The molecule has 0 spiro atoms. The summed E-state index contributed by atoms with van der Waals surface area (Å²) < 4.78 is 0. The van der Waals surface area contributed by atoms with Crippen LogP contribution in [0.2, 0.25) is 6.32 Å². The molecule has 0 atom stereocenters. The molecule has 128 valence electrons. The predicted octanol–water partition coefficient (Wildman–Crippen LogP) is 4.46. The molecule has 2 nitrogen and oxygen atoms in total. The molecule has 25 heavy (non-hydrogen) atoms. The highest BCUT2D eigenvalue weighted by Gasteiger charge is 1.93. The van der Waals surface area contributed by atoms with Crippen LogP contribution in [0.1, 0.15) is 24.0 Å². The Labute approximate surface area is 152 Å². The monoisotopic (exact) mass is 330 g/mol. The van der Waals surface area contributed by atoms with Crippen molar-refractivity contribution < 1.29 is 0 Å². The Morgan fingerprint density at radius 3 is 2.36 bits per heavy atom. The fourth-order valence-electron chi connectivity index (χ4n) is 2.52. The first-order valence-electron chi connectivity index (χ1n) is 9.02. The van der Waals surface area contributed by atoms with Gasteiger partial charge >= 0.3 is 0 Å². The van der Waals surface area contributed by atoms with Crippen LogP contribution in [0.15, 0.2) is 85.5 Å². The number of imidazole rings is 1. The number of hydrogen-bond acceptors (Lipinski definition) is 1. The van der Waals surface area contributed by atoms with Crippen LogP contribution in [-0.2, 0) is 6.42 Å². The molecular weight excluding hydrogens is 303 g/mol. The van der Waals surface area contributed by atoms with Crippen LogP contribution in [0.4, 0.5) is 0 Å². The van der Waals surface area contributed by atoms with E-state index in [4.69, 9.17) is 0 Å². The molecule has 0 radical (unpaired) electrons. The Balaban J connectivity index is 0.000000386. The SMILES string of the molecule is Cc1ccc(CCC=CCCBc2ccccc2)cc1.c1c[nH]cn1. The zero-order chi connectivity index (χ0) is 17.6. The van der Waals surface area contributed by atoms with E-state index in [2.05, 4.69) is 83.6 Å². The summed E-state index contributed by atoms with van der Waals surface area (Å²) in [5.74, 6) is 0. The topological polar surface area (TPSA) is 28.7 Å². The van der Waals surface area contributed by atoms with E-state index in [1.807, 2.05) is 0 Å². The van der Waals surface area contributed by atoms with E-state index in [1.165, 1.54) is 36.6 Å². The van der Waals surface area contributed by atoms with Crippen LogP contribution in [0.3, 0.4) is 0 Å². The normalized spacial score (nSPS) is 10.3. The lowest BCUT2D eigenvalue weighted by atomic mass is 9.66. The molecule has 1 aromatic heterocycles. The molecule has 0 saturated heterocycles. The number of aryl methyl sites for hydroxylation is 2. The van der Waals surface area contributed by atoms with Crippen molar-refractivity contribution in [2.75, 3.05) is 0 Å². The number of aromatic amines is 1. The number of nitrogens with zero attached hydrogens (tertiary/aromatic N) is 1. The van der Waals surface area contributed by atoms with E-state index in [0.717, 1.165) is 12.8 Å². The van der Waals surface area contributed by atoms with Crippen LogP contribution in [-0.4, -0.2) is 17.2 Å². The summed E-state index contributed by atoms with van der Waals surface area (Å²) in [6.07, 6.45) is 14.5. The van der Waals surface area contributed by atoms with Gasteiger partial charge < -0.3 is 4.98 Å². The van der Waals surface area contributed by atoms with Gasteiger partial charge in [-0.3, -0.25) is 0 Å². The van der Waals surface area contributed by atoms with E-state index in [9.17, 15) is 0 Å². The zero-order valence-corrected chi connectivity index (χ0v) is 15.1. The van der Waals surface area contributed by atoms with Crippen LogP contribution < -0.4 is 5.46 Å². The quantitative estimate of drug-likeness (QED) is 0.387. The van der Waals surface area contributed by atoms with Crippen molar-refractivity contribution in [1.82, 2.24) is 9.97 Å². The smallest absolute Gasteiger partial charge is 0.158 e. The molecule has 0 amide bonds. The van der Waals surface area contributed by atoms with Crippen molar-refractivity contribution in [2.24, 2.45) is 0 Å². The number of benzene rings is 2. The summed E-state index contributed by atoms with van der Waals surface area (Å²) in [4.78, 5) is 6.42. The highest BCUT2D eigenvalue weighted by atomic mass is 14.8. The second kappa shape index (κ2) is 11.9. The molecule has 0 aliphatic rings. The summed E-state index contributed by atoms with van der Waals surface area (Å²) in [6, 6.07) is 19.6. The third kappa shape index (κ3) is 8.76. The van der Waals surface area contributed by atoms with E-state index in [-0.39, 0.29) is 0 Å². The number of hydrogen-bond donors (Lipinski definition) is 1. The lowest BCUT2D eigenvalue weighted by Gasteiger charge is -1.99. The summed E-state index contributed by atoms with van der Waals surface area (Å²) >= 11 is 0. The molecule has 1 N–H and O–H groups in total. The van der Waals surface area contributed by atoms with Crippen molar-refractivity contribution in [2.45, 2.75) is 32.5 Å². The van der Waals surface area contributed by atoms with Gasteiger partial charge in [0.05, 0.1) is 6.33 Å². The Morgan fingerprint density at radius 1 is 0.960 bits per heavy atom. The van der Waals surface area contributed by atoms with Gasteiger partial charge in [-0.1, -0.05) is 84.1 Å². The summed E-state index contributed by atoms with van der Waals surface area (Å²) in [5.41, 5.74) is 4.22. The maximum Gasteiger partial charge on any atom is 0.158 e. The third-order valence-electron chi connectivity index (χ3n) is 3.97. The minimum atomic E-state index is 1.15. The molecule has 3 heteroatoms. The molecule has 0 aliphatic heterocycles. The molecule has 0 aliphatic carbocycles. The summed E-state index contributed by atoms with van der Waals surface area (Å²) in [7, 11) is 1.18. The van der Waals surface area contributed by atoms with E-state index >= 15 is 0 Å². The van der Waals surface area contributed by atoms with Gasteiger partial charge in [0.15, 0.2) is 7.28 Å². The second-order valence-electron chi connectivity index (χ2n) is 6.13. The Bertz CT molecular complexity index is 671. The molecule has 2 aromatic carbocycles. The highest BCUT2D eigenvalue weighted by molar-refractivity contribution is 6.53. The first kappa shape index (κ1) is 18.8. The number of rotatable bonds is 7. The number of nitrogens with one attached hydrogen (secondary N) is 1. The molecule has 0 unspecified atom stereocenters. The van der Waals surface area contributed by atoms with Gasteiger partial charge in [0, 0.05) is 12.4 Å². The number of H-pyrrole nitrogens is 1. The molecule has 3 rings (SSSR count). The maximum atomic E-state index is 3.67. The Morgan fingerprint density at radius 2 is 1.72 bits per heavy atom. The molecular formula is C22H27BN2. The Kier molecular flexibility index (Phi) is 8.95. The van der Waals surface area contributed by atoms with E-state index in [1.54, 1.807) is 18.7 Å². The molecule has 1 heterocycles. The lowest BCUT2D eigenvalue weighted by Crippen LogP contribution is -2.11. The fraction of sp³-hybridized carbons (Fsp3) is 0.227. The molecule has 0 saturated carbocycles. The van der Waals surface area contributed by atoms with E-state index in [0.29, 0.717) is 0 Å². The predicted molar refractivity (Wildman–Crippen MR) is 110 cm³/mol. The van der Waals surface area contributed by atoms with Gasteiger partial charge in [-0.2, -0.15) is 0 Å². The summed E-state index contributed by atoms with van der Waals surface area (Å²) in [5, 5.41) is 0. The average molecular weight is 330 g/mol. The highest BCUT2D eigenvalue weighted by Crippen LogP contribution is 2.06. The van der Waals surface area contributed by atoms with Gasteiger partial charge in [-0.25, -0.2) is 4.98 Å². The second-order valence-corrected chi connectivity index (χ2v) is 6.13. The average Bonchev–Trinajstić information content (AvgIpc) is 3.23. The maximum absolute atomic E-state index is 3.67. The zero-order valence-electron chi connectivity index (χ0n) is 15.1. The van der Waals surface area contributed by atoms with Crippen molar-refractivity contribution >= 4 is 12.7 Å². The fourth-order valence-corrected chi connectivity index (χ4v) is 2.52. The van der Waals surface area contributed by atoms with Crippen LogP contribution in [0, 0.1) is 6.92 Å². The minimum absolute atomic E-state index is 1.15. The lowest BCUT2D eigenvalue weighted by molar-refractivity contribution is 0.990.